The van der Waals surface area contributed by atoms with E-state index in [2.05, 4.69) is 29.9 Å². The molecule has 3 rings (SSSR count). The lowest BCUT2D eigenvalue weighted by Crippen LogP contribution is -2.11. The Kier molecular flexibility index (Phi) is 5.14. The van der Waals surface area contributed by atoms with Gasteiger partial charge in [0.2, 0.25) is 0 Å². The van der Waals surface area contributed by atoms with Crippen molar-refractivity contribution >= 4 is 22.6 Å². The number of nitrogens with zero attached hydrogens (tertiary/aromatic N) is 2. The zero-order valence-electron chi connectivity index (χ0n) is 14.7. The summed E-state index contributed by atoms with van der Waals surface area (Å²) in [7, 11) is 0. The van der Waals surface area contributed by atoms with Crippen LogP contribution in [0.25, 0.3) is 22.6 Å². The van der Waals surface area contributed by atoms with E-state index in [1.165, 1.54) is 0 Å². The first-order valence-corrected chi connectivity index (χ1v) is 8.41. The number of nitrogens with one attached hydrogen (secondary N) is 1. The summed E-state index contributed by atoms with van der Waals surface area (Å²) in [6.07, 6.45) is 1.68. The Morgan fingerprint density at radius 1 is 1.23 bits per heavy atom. The molecule has 0 amide bonds. The number of para-hydroxylation sites is 2. The van der Waals surface area contributed by atoms with Crippen LogP contribution in [-0.4, -0.2) is 16.6 Å². The second-order valence-electron chi connectivity index (χ2n) is 6.34. The van der Waals surface area contributed by atoms with Gasteiger partial charge in [0, 0.05) is 5.56 Å². The third kappa shape index (κ3) is 3.81. The van der Waals surface area contributed by atoms with E-state index in [1.54, 1.807) is 24.3 Å². The second-order valence-corrected chi connectivity index (χ2v) is 6.34. The van der Waals surface area contributed by atoms with Crippen LogP contribution in [0.2, 0.25) is 0 Å². The monoisotopic (exact) mass is 345 g/mol. The molecular weight excluding hydrogens is 326 g/mol. The number of allylic oxidation sites excluding steroid dienone is 1. The molecule has 0 aliphatic rings. The van der Waals surface area contributed by atoms with Crippen LogP contribution in [0.15, 0.2) is 53.3 Å². The van der Waals surface area contributed by atoms with E-state index >= 15 is 0 Å². The van der Waals surface area contributed by atoms with Gasteiger partial charge in [-0.2, -0.15) is 5.26 Å². The minimum atomic E-state index is -0.268. The van der Waals surface area contributed by atoms with Crippen LogP contribution < -0.4 is 10.3 Å². The van der Waals surface area contributed by atoms with E-state index < -0.39 is 0 Å². The average molecular weight is 345 g/mol. The number of benzene rings is 2. The van der Waals surface area contributed by atoms with E-state index in [4.69, 9.17) is 4.74 Å². The predicted molar refractivity (Wildman–Crippen MR) is 103 cm³/mol. The molecule has 0 saturated carbocycles. The van der Waals surface area contributed by atoms with E-state index in [1.807, 2.05) is 30.3 Å². The number of H-pyrrole nitrogens is 1. The molecule has 1 heterocycles. The number of ether oxygens (including phenoxy) is 1. The molecule has 0 atom stereocenters. The van der Waals surface area contributed by atoms with Crippen LogP contribution in [0.5, 0.6) is 5.75 Å². The number of aromatic nitrogens is 2. The van der Waals surface area contributed by atoms with Crippen LogP contribution in [0, 0.1) is 17.2 Å². The molecule has 5 heteroatoms. The van der Waals surface area contributed by atoms with Crippen molar-refractivity contribution < 1.29 is 4.74 Å². The van der Waals surface area contributed by atoms with Crippen molar-refractivity contribution in [1.82, 2.24) is 9.97 Å². The van der Waals surface area contributed by atoms with Crippen LogP contribution in [0.4, 0.5) is 0 Å². The maximum absolute atomic E-state index is 12.3. The summed E-state index contributed by atoms with van der Waals surface area (Å²) in [6, 6.07) is 16.7. The molecule has 26 heavy (non-hydrogen) atoms. The molecule has 0 radical (unpaired) electrons. The van der Waals surface area contributed by atoms with Gasteiger partial charge in [0.15, 0.2) is 5.82 Å². The molecule has 0 fully saturated rings. The summed E-state index contributed by atoms with van der Waals surface area (Å²) >= 11 is 0. The normalized spacial score (nSPS) is 11.5. The molecule has 130 valence electrons. The molecule has 0 aliphatic heterocycles. The number of nitriles is 1. The highest BCUT2D eigenvalue weighted by molar-refractivity contribution is 5.90. The topological polar surface area (TPSA) is 78.8 Å². The fourth-order valence-corrected chi connectivity index (χ4v) is 2.51. The lowest BCUT2D eigenvalue weighted by molar-refractivity contribution is 0.270. The molecule has 0 aliphatic carbocycles. The third-order valence-electron chi connectivity index (χ3n) is 3.78. The van der Waals surface area contributed by atoms with Gasteiger partial charge < -0.3 is 9.72 Å². The Labute approximate surface area is 151 Å². The summed E-state index contributed by atoms with van der Waals surface area (Å²) < 4.78 is 5.83. The summed E-state index contributed by atoms with van der Waals surface area (Å²) in [6.45, 7) is 4.73. The lowest BCUT2D eigenvalue weighted by atomic mass is 10.1. The van der Waals surface area contributed by atoms with Crippen molar-refractivity contribution in [3.8, 4) is 11.8 Å². The van der Waals surface area contributed by atoms with Gasteiger partial charge in [0.05, 0.1) is 23.1 Å². The van der Waals surface area contributed by atoms with Gasteiger partial charge in [0.25, 0.3) is 5.56 Å². The number of aromatic amines is 1. The smallest absolute Gasteiger partial charge is 0.259 e. The molecule has 0 bridgehead atoms. The minimum absolute atomic E-state index is 0.245. The third-order valence-corrected chi connectivity index (χ3v) is 3.78. The van der Waals surface area contributed by atoms with Gasteiger partial charge in [0.1, 0.15) is 11.8 Å². The Bertz CT molecular complexity index is 1060. The minimum Gasteiger partial charge on any atom is -0.493 e. The average Bonchev–Trinajstić information content (AvgIpc) is 2.65. The van der Waals surface area contributed by atoms with Gasteiger partial charge in [-0.1, -0.05) is 44.2 Å². The molecular formula is C21H19N3O2. The number of fused-ring (bicyclic) bond motifs is 1. The summed E-state index contributed by atoms with van der Waals surface area (Å²) in [4.78, 5) is 19.4. The summed E-state index contributed by atoms with van der Waals surface area (Å²) in [5, 5.41) is 10.1. The van der Waals surface area contributed by atoms with E-state index in [0.29, 0.717) is 29.2 Å². The van der Waals surface area contributed by atoms with Crippen molar-refractivity contribution in [3.63, 3.8) is 0 Å². The fourth-order valence-electron chi connectivity index (χ4n) is 2.51. The van der Waals surface area contributed by atoms with Crippen molar-refractivity contribution in [2.75, 3.05) is 6.61 Å². The summed E-state index contributed by atoms with van der Waals surface area (Å²) in [5.74, 6) is 1.33. The molecule has 5 nitrogen and oxygen atoms in total. The van der Waals surface area contributed by atoms with Gasteiger partial charge in [-0.05, 0) is 30.2 Å². The predicted octanol–water partition coefficient (Wildman–Crippen LogP) is 4.02. The van der Waals surface area contributed by atoms with E-state index in [9.17, 15) is 10.1 Å². The van der Waals surface area contributed by atoms with Gasteiger partial charge in [-0.3, -0.25) is 4.79 Å². The first-order valence-electron chi connectivity index (χ1n) is 8.41. The molecule has 0 saturated heterocycles. The second kappa shape index (κ2) is 7.66. The zero-order chi connectivity index (χ0) is 18.5. The molecule has 1 aromatic heterocycles. The fraction of sp³-hybridized carbons (Fsp3) is 0.190. The highest BCUT2D eigenvalue weighted by Crippen LogP contribution is 2.24. The van der Waals surface area contributed by atoms with E-state index in [0.717, 1.165) is 5.56 Å². The van der Waals surface area contributed by atoms with Gasteiger partial charge in [-0.25, -0.2) is 4.98 Å². The largest absolute Gasteiger partial charge is 0.493 e. The Morgan fingerprint density at radius 2 is 1.96 bits per heavy atom. The molecule has 0 spiro atoms. The van der Waals surface area contributed by atoms with Crippen molar-refractivity contribution in [3.05, 3.63) is 70.3 Å². The van der Waals surface area contributed by atoms with Crippen LogP contribution in [0.1, 0.15) is 25.2 Å². The standard InChI is InChI=1S/C21H19N3O2/c1-14(2)13-26-19-10-6-3-7-15(19)11-16(12-22)20-23-18-9-5-4-8-17(18)21(25)24-20/h3-11,14H,13H2,1-2H3,(H,23,24,25)/b16-11-. The maximum atomic E-state index is 12.3. The van der Waals surface area contributed by atoms with Crippen molar-refractivity contribution in [1.29, 1.82) is 5.26 Å². The number of hydrogen-bond donors (Lipinski definition) is 1. The SMILES string of the molecule is CC(C)COc1ccccc1/C=C(/C#N)c1nc2ccccc2c(=O)[nH]1. The Morgan fingerprint density at radius 3 is 2.73 bits per heavy atom. The number of rotatable bonds is 5. The molecule has 0 unspecified atom stereocenters. The molecule has 2 aromatic carbocycles. The highest BCUT2D eigenvalue weighted by atomic mass is 16.5. The highest BCUT2D eigenvalue weighted by Gasteiger charge is 2.10. The molecule has 3 aromatic rings. The van der Waals surface area contributed by atoms with Crippen molar-refractivity contribution in [2.24, 2.45) is 5.92 Å². The van der Waals surface area contributed by atoms with Crippen LogP contribution >= 0.6 is 0 Å². The van der Waals surface area contributed by atoms with Crippen molar-refractivity contribution in [2.45, 2.75) is 13.8 Å². The Balaban J connectivity index is 2.05. The first kappa shape index (κ1) is 17.4. The van der Waals surface area contributed by atoms with Crippen LogP contribution in [0.3, 0.4) is 0 Å². The Hall–Kier alpha value is -3.39. The van der Waals surface area contributed by atoms with Gasteiger partial charge >= 0.3 is 0 Å². The quantitative estimate of drug-likeness (QED) is 0.708. The van der Waals surface area contributed by atoms with Gasteiger partial charge in [-0.15, -0.1) is 0 Å². The maximum Gasteiger partial charge on any atom is 0.259 e. The zero-order valence-corrected chi connectivity index (χ0v) is 14.7. The van der Waals surface area contributed by atoms with Crippen LogP contribution in [-0.2, 0) is 0 Å². The lowest BCUT2D eigenvalue weighted by Gasteiger charge is -2.11. The number of hydrogen-bond acceptors (Lipinski definition) is 4. The van der Waals surface area contributed by atoms with E-state index in [-0.39, 0.29) is 17.0 Å². The summed E-state index contributed by atoms with van der Waals surface area (Å²) in [5.41, 5.74) is 1.32. The molecule has 1 N–H and O–H groups in total. The first-order chi connectivity index (χ1) is 12.6.